The molecule has 0 radical (unpaired) electrons. The van der Waals surface area contributed by atoms with Crippen LogP contribution in [0.4, 0.5) is 10.5 Å². The molecule has 3 rings (SSSR count). The van der Waals surface area contributed by atoms with Gasteiger partial charge in [0.15, 0.2) is 0 Å². The van der Waals surface area contributed by atoms with Crippen molar-refractivity contribution >= 4 is 36.3 Å². The second kappa shape index (κ2) is 10.2. The van der Waals surface area contributed by atoms with E-state index in [2.05, 4.69) is 17.9 Å². The lowest BCUT2D eigenvalue weighted by Crippen LogP contribution is -2.60. The summed E-state index contributed by atoms with van der Waals surface area (Å²) >= 11 is 4.49. The molecule has 2 amide bonds. The molecule has 2 aliphatic rings. The first-order chi connectivity index (χ1) is 15.2. The molecule has 12 heteroatoms. The maximum atomic E-state index is 12.9. The zero-order valence-electron chi connectivity index (χ0n) is 18.1. The number of guanidine groups is 1. The number of alkyl carbamates (subject to hydrolysis) is 1. The fourth-order valence-corrected chi connectivity index (χ4v) is 4.49. The van der Waals surface area contributed by atoms with Gasteiger partial charge in [-0.2, -0.15) is 12.6 Å². The zero-order chi connectivity index (χ0) is 23.4. The van der Waals surface area contributed by atoms with E-state index in [0.29, 0.717) is 25.2 Å². The number of nitrogens with one attached hydrogen (secondary N) is 2. The molecule has 2 N–H and O–H groups in total. The topological polar surface area (TPSA) is 132 Å². The Balaban J connectivity index is 1.46. The number of nitrogens with zero attached hydrogens (tertiary/aromatic N) is 4. The summed E-state index contributed by atoms with van der Waals surface area (Å²) in [5, 5.41) is 21.5. The number of amides is 2. The first-order valence-electron chi connectivity index (χ1n) is 10.3. The Hall–Kier alpha value is -2.86. The minimum Gasteiger partial charge on any atom is -0.444 e. The molecule has 1 aromatic carbocycles. The largest absolute Gasteiger partial charge is 0.444 e. The number of rotatable bonds is 4. The van der Waals surface area contributed by atoms with Crippen LogP contribution < -0.4 is 5.32 Å². The van der Waals surface area contributed by atoms with Gasteiger partial charge in [-0.1, -0.05) is 0 Å². The maximum absolute atomic E-state index is 12.9. The number of nitro benzene ring substituents is 1. The third-order valence-corrected chi connectivity index (χ3v) is 6.15. The summed E-state index contributed by atoms with van der Waals surface area (Å²) in [6.07, 6.45) is -0.0585. The molecule has 2 heterocycles. The Bertz CT molecular complexity index is 882. The van der Waals surface area contributed by atoms with Crippen molar-refractivity contribution in [2.75, 3.05) is 33.2 Å². The number of carbonyl (C=O) groups is 2. The highest BCUT2D eigenvalue weighted by atomic mass is 32.1. The SMILES string of the molecule is C[C@@H]1CN(C(=O)[C@@H]2C[C@H](S)CN2C)CCN1C(=N)NC(=O)OCc1ccc([N+](=O)[O-])cc1. The van der Waals surface area contributed by atoms with E-state index in [4.69, 9.17) is 10.1 Å². The number of likely N-dealkylation sites (tertiary alicyclic amines) is 1. The van der Waals surface area contributed by atoms with Crippen molar-refractivity contribution in [3.8, 4) is 0 Å². The monoisotopic (exact) mass is 464 g/mol. The lowest BCUT2D eigenvalue weighted by Gasteiger charge is -2.42. The van der Waals surface area contributed by atoms with Gasteiger partial charge < -0.3 is 14.5 Å². The van der Waals surface area contributed by atoms with E-state index in [0.717, 1.165) is 13.0 Å². The van der Waals surface area contributed by atoms with Crippen LogP contribution in [0.15, 0.2) is 24.3 Å². The molecular formula is C20H28N6O5S. The summed E-state index contributed by atoms with van der Waals surface area (Å²) in [5.74, 6) is -0.00995. The summed E-state index contributed by atoms with van der Waals surface area (Å²) in [6, 6.07) is 5.37. The number of hydrogen-bond acceptors (Lipinski definition) is 8. The van der Waals surface area contributed by atoms with Crippen molar-refractivity contribution in [1.29, 1.82) is 5.41 Å². The van der Waals surface area contributed by atoms with Gasteiger partial charge in [0.25, 0.3) is 5.69 Å². The minimum absolute atomic E-state index is 0.0448. The van der Waals surface area contributed by atoms with Gasteiger partial charge in [0, 0.05) is 49.6 Å². The molecule has 32 heavy (non-hydrogen) atoms. The van der Waals surface area contributed by atoms with Crippen LogP contribution in [0.1, 0.15) is 18.9 Å². The number of nitro groups is 1. The highest BCUT2D eigenvalue weighted by Gasteiger charge is 2.38. The molecule has 0 aromatic heterocycles. The van der Waals surface area contributed by atoms with Crippen LogP contribution in [0.5, 0.6) is 0 Å². The lowest BCUT2D eigenvalue weighted by atomic mass is 10.1. The van der Waals surface area contributed by atoms with E-state index < -0.39 is 11.0 Å². The number of piperazine rings is 1. The summed E-state index contributed by atoms with van der Waals surface area (Å²) in [7, 11) is 1.93. The van der Waals surface area contributed by atoms with E-state index in [1.807, 2.05) is 23.8 Å². The van der Waals surface area contributed by atoms with E-state index in [1.54, 1.807) is 4.90 Å². The Labute approximate surface area is 191 Å². The number of carbonyl (C=O) groups excluding carboxylic acids is 2. The van der Waals surface area contributed by atoms with Crippen LogP contribution in [-0.4, -0.2) is 88.1 Å². The summed E-state index contributed by atoms with van der Waals surface area (Å²) in [6.45, 7) is 3.96. The highest BCUT2D eigenvalue weighted by molar-refractivity contribution is 7.81. The Kier molecular flexibility index (Phi) is 7.56. The zero-order valence-corrected chi connectivity index (χ0v) is 19.0. The van der Waals surface area contributed by atoms with Crippen molar-refractivity contribution in [3.05, 3.63) is 39.9 Å². The highest BCUT2D eigenvalue weighted by Crippen LogP contribution is 2.23. The van der Waals surface area contributed by atoms with Gasteiger partial charge in [-0.15, -0.1) is 0 Å². The summed E-state index contributed by atoms with van der Waals surface area (Å²) in [5.41, 5.74) is 0.551. The molecule has 2 aliphatic heterocycles. The number of thiol groups is 1. The van der Waals surface area contributed by atoms with Crippen molar-refractivity contribution in [2.24, 2.45) is 0 Å². The third kappa shape index (κ3) is 5.68. The fraction of sp³-hybridized carbons (Fsp3) is 0.550. The number of likely N-dealkylation sites (N-methyl/N-ethyl adjacent to an activating group) is 1. The Morgan fingerprint density at radius 3 is 2.53 bits per heavy atom. The van der Waals surface area contributed by atoms with E-state index in [1.165, 1.54) is 24.3 Å². The first kappa shape index (κ1) is 23.8. The number of benzene rings is 1. The Morgan fingerprint density at radius 1 is 1.28 bits per heavy atom. The van der Waals surface area contributed by atoms with Gasteiger partial charge in [0.2, 0.25) is 11.9 Å². The van der Waals surface area contributed by atoms with Crippen LogP contribution in [0.25, 0.3) is 0 Å². The Morgan fingerprint density at radius 2 is 1.97 bits per heavy atom. The molecule has 0 bridgehead atoms. The quantitative estimate of drug-likeness (QED) is 0.201. The molecule has 2 saturated heterocycles. The van der Waals surface area contributed by atoms with Crippen LogP contribution in [0.3, 0.4) is 0 Å². The molecule has 11 nitrogen and oxygen atoms in total. The van der Waals surface area contributed by atoms with E-state index >= 15 is 0 Å². The normalized spacial score (nSPS) is 23.7. The smallest absolute Gasteiger partial charge is 0.414 e. The van der Waals surface area contributed by atoms with Crippen LogP contribution in [0, 0.1) is 15.5 Å². The molecular weight excluding hydrogens is 436 g/mol. The summed E-state index contributed by atoms with van der Waals surface area (Å²) in [4.78, 5) is 40.7. The van der Waals surface area contributed by atoms with E-state index in [-0.39, 0.29) is 41.5 Å². The maximum Gasteiger partial charge on any atom is 0.414 e. The van der Waals surface area contributed by atoms with Crippen molar-refractivity contribution in [1.82, 2.24) is 20.0 Å². The van der Waals surface area contributed by atoms with Crippen molar-refractivity contribution in [3.63, 3.8) is 0 Å². The number of ether oxygens (including phenoxy) is 1. The molecule has 0 spiro atoms. The summed E-state index contributed by atoms with van der Waals surface area (Å²) < 4.78 is 5.11. The fourth-order valence-electron chi connectivity index (χ4n) is 4.03. The molecule has 2 fully saturated rings. The predicted molar refractivity (Wildman–Crippen MR) is 121 cm³/mol. The second-order valence-corrected chi connectivity index (χ2v) is 8.88. The van der Waals surface area contributed by atoms with Gasteiger partial charge in [0.1, 0.15) is 6.61 Å². The minimum atomic E-state index is -0.786. The number of non-ortho nitro benzene ring substituents is 1. The number of hydrogen-bond donors (Lipinski definition) is 3. The molecule has 0 unspecified atom stereocenters. The van der Waals surface area contributed by atoms with Crippen molar-refractivity contribution in [2.45, 2.75) is 37.3 Å². The van der Waals surface area contributed by atoms with Gasteiger partial charge in [-0.25, -0.2) is 4.79 Å². The van der Waals surface area contributed by atoms with Gasteiger partial charge >= 0.3 is 6.09 Å². The van der Waals surface area contributed by atoms with Gasteiger partial charge in [-0.05, 0) is 38.1 Å². The molecule has 3 atom stereocenters. The predicted octanol–water partition coefficient (Wildman–Crippen LogP) is 1.29. The molecule has 0 aliphatic carbocycles. The van der Waals surface area contributed by atoms with E-state index in [9.17, 15) is 19.7 Å². The molecule has 1 aromatic rings. The third-order valence-electron chi connectivity index (χ3n) is 5.78. The molecule has 174 valence electrons. The van der Waals surface area contributed by atoms with Gasteiger partial charge in [-0.3, -0.25) is 30.5 Å². The molecule has 0 saturated carbocycles. The average Bonchev–Trinajstić information content (AvgIpc) is 3.09. The standard InChI is InChI=1S/C20H28N6O5S/c1-13-10-24(18(27)17-9-16(32)11-23(17)2)7-8-25(13)19(21)22-20(28)31-12-14-3-5-15(6-4-14)26(29)30/h3-6,13,16-17,32H,7-12H2,1-2H3,(H2,21,22,28)/t13-,16+,17+/m1/s1. The first-order valence-corrected chi connectivity index (χ1v) is 10.9. The van der Waals surface area contributed by atoms with Gasteiger partial charge in [0.05, 0.1) is 11.0 Å². The average molecular weight is 465 g/mol. The van der Waals surface area contributed by atoms with Crippen LogP contribution >= 0.6 is 12.6 Å². The second-order valence-electron chi connectivity index (χ2n) is 8.14. The lowest BCUT2D eigenvalue weighted by molar-refractivity contribution is -0.384. The van der Waals surface area contributed by atoms with Crippen LogP contribution in [0.2, 0.25) is 0 Å². The van der Waals surface area contributed by atoms with Crippen LogP contribution in [-0.2, 0) is 16.1 Å². The van der Waals surface area contributed by atoms with Crippen molar-refractivity contribution < 1.29 is 19.2 Å².